The maximum absolute atomic E-state index is 13.4. The summed E-state index contributed by atoms with van der Waals surface area (Å²) in [6.45, 7) is 4.59. The van der Waals surface area contributed by atoms with Crippen molar-refractivity contribution >= 4 is 5.91 Å². The fraction of sp³-hybridized carbons (Fsp3) is 0.381. The van der Waals surface area contributed by atoms with E-state index in [0.717, 1.165) is 41.8 Å². The lowest BCUT2D eigenvalue weighted by atomic mass is 9.94. The molecule has 0 radical (unpaired) electrons. The molecule has 0 aliphatic carbocycles. The zero-order chi connectivity index (χ0) is 19.7. The van der Waals surface area contributed by atoms with Crippen LogP contribution < -0.4 is 4.74 Å². The van der Waals surface area contributed by atoms with Gasteiger partial charge in [0.15, 0.2) is 5.76 Å². The van der Waals surface area contributed by atoms with E-state index in [2.05, 4.69) is 15.4 Å². The van der Waals surface area contributed by atoms with E-state index in [4.69, 9.17) is 9.26 Å². The molecule has 3 heterocycles. The van der Waals surface area contributed by atoms with Gasteiger partial charge in [0.2, 0.25) is 0 Å². The molecule has 1 aliphatic heterocycles. The number of rotatable bonds is 4. The standard InChI is InChI=1S/C21H24N4O3/c1-13-14(2)24-28-20(13)16-12-22-23-19(16)17-9-6-7-11-25(17)21(26)15-8-4-5-10-18(15)27-3/h4-5,8,10,12,17H,6-7,9,11H2,1-3H3,(H,22,23)/t17-/m0/s1. The molecule has 4 rings (SSSR count). The van der Waals surface area contributed by atoms with Crippen molar-refractivity contribution in [3.63, 3.8) is 0 Å². The van der Waals surface area contributed by atoms with Gasteiger partial charge in [-0.05, 0) is 45.2 Å². The van der Waals surface area contributed by atoms with Gasteiger partial charge in [-0.3, -0.25) is 9.89 Å². The second-order valence-corrected chi connectivity index (χ2v) is 7.13. The van der Waals surface area contributed by atoms with E-state index in [0.29, 0.717) is 23.6 Å². The molecule has 28 heavy (non-hydrogen) atoms. The average molecular weight is 380 g/mol. The van der Waals surface area contributed by atoms with Crippen LogP contribution in [0.5, 0.6) is 5.75 Å². The summed E-state index contributed by atoms with van der Waals surface area (Å²) >= 11 is 0. The number of likely N-dealkylation sites (tertiary alicyclic amines) is 1. The number of para-hydroxylation sites is 1. The fourth-order valence-corrected chi connectivity index (χ4v) is 3.85. The highest BCUT2D eigenvalue weighted by molar-refractivity contribution is 5.97. The Kier molecular flexibility index (Phi) is 4.90. The minimum Gasteiger partial charge on any atom is -0.496 e. The molecule has 0 saturated carbocycles. The van der Waals surface area contributed by atoms with Crippen molar-refractivity contribution in [1.82, 2.24) is 20.3 Å². The average Bonchev–Trinajstić information content (AvgIpc) is 3.34. The van der Waals surface area contributed by atoms with Gasteiger partial charge < -0.3 is 14.2 Å². The number of piperidine rings is 1. The predicted molar refractivity (Wildman–Crippen MR) is 104 cm³/mol. The third-order valence-electron chi connectivity index (χ3n) is 5.50. The first-order valence-corrected chi connectivity index (χ1v) is 9.52. The molecule has 1 aliphatic rings. The zero-order valence-corrected chi connectivity index (χ0v) is 16.4. The van der Waals surface area contributed by atoms with Crippen LogP contribution in [0.15, 0.2) is 35.0 Å². The van der Waals surface area contributed by atoms with Crippen molar-refractivity contribution in [3.8, 4) is 17.1 Å². The summed E-state index contributed by atoms with van der Waals surface area (Å²) in [4.78, 5) is 15.3. The SMILES string of the molecule is COc1ccccc1C(=O)N1CCCC[C@H]1c1[nH]ncc1-c1onc(C)c1C. The van der Waals surface area contributed by atoms with Crippen LogP contribution in [0.1, 0.15) is 52.6 Å². The Bertz CT molecular complexity index is 991. The Morgan fingerprint density at radius 2 is 2.11 bits per heavy atom. The largest absolute Gasteiger partial charge is 0.496 e. The smallest absolute Gasteiger partial charge is 0.258 e. The highest BCUT2D eigenvalue weighted by Crippen LogP contribution is 2.38. The monoisotopic (exact) mass is 380 g/mol. The second-order valence-electron chi connectivity index (χ2n) is 7.13. The topological polar surface area (TPSA) is 84.2 Å². The zero-order valence-electron chi connectivity index (χ0n) is 16.4. The van der Waals surface area contributed by atoms with Gasteiger partial charge in [0, 0.05) is 12.1 Å². The van der Waals surface area contributed by atoms with Crippen molar-refractivity contribution in [2.75, 3.05) is 13.7 Å². The quantitative estimate of drug-likeness (QED) is 0.738. The number of benzene rings is 1. The molecule has 7 nitrogen and oxygen atoms in total. The first-order chi connectivity index (χ1) is 13.6. The highest BCUT2D eigenvalue weighted by Gasteiger charge is 2.33. The number of aryl methyl sites for hydroxylation is 1. The molecule has 146 valence electrons. The number of carbonyl (C=O) groups is 1. The van der Waals surface area contributed by atoms with Crippen molar-refractivity contribution in [2.24, 2.45) is 0 Å². The Morgan fingerprint density at radius 3 is 2.86 bits per heavy atom. The summed E-state index contributed by atoms with van der Waals surface area (Å²) in [5.41, 5.74) is 4.17. The Morgan fingerprint density at radius 1 is 1.29 bits per heavy atom. The first-order valence-electron chi connectivity index (χ1n) is 9.52. The summed E-state index contributed by atoms with van der Waals surface area (Å²) in [5.74, 6) is 1.26. The number of nitrogens with zero attached hydrogens (tertiary/aromatic N) is 3. The number of aromatic nitrogens is 3. The van der Waals surface area contributed by atoms with E-state index in [1.54, 1.807) is 13.3 Å². The Hall–Kier alpha value is -3.09. The highest BCUT2D eigenvalue weighted by atomic mass is 16.5. The van der Waals surface area contributed by atoms with Gasteiger partial charge in [-0.1, -0.05) is 17.3 Å². The summed E-state index contributed by atoms with van der Waals surface area (Å²) in [5, 5.41) is 11.4. The third kappa shape index (κ3) is 3.06. The van der Waals surface area contributed by atoms with Gasteiger partial charge in [0.1, 0.15) is 5.75 Å². The number of amides is 1. The van der Waals surface area contributed by atoms with Crippen molar-refractivity contribution in [2.45, 2.75) is 39.2 Å². The molecule has 0 bridgehead atoms. The molecule has 0 spiro atoms. The van der Waals surface area contributed by atoms with Gasteiger partial charge in [-0.2, -0.15) is 5.10 Å². The van der Waals surface area contributed by atoms with Crippen LogP contribution in [0.3, 0.4) is 0 Å². The van der Waals surface area contributed by atoms with Crippen LogP contribution in [0, 0.1) is 13.8 Å². The van der Waals surface area contributed by atoms with Gasteiger partial charge >= 0.3 is 0 Å². The van der Waals surface area contributed by atoms with E-state index >= 15 is 0 Å². The predicted octanol–water partition coefficient (Wildman–Crippen LogP) is 4.06. The molecule has 1 amide bonds. The number of nitrogens with one attached hydrogen (secondary N) is 1. The number of hydrogen-bond acceptors (Lipinski definition) is 5. The van der Waals surface area contributed by atoms with Gasteiger partial charge in [0.05, 0.1) is 41.9 Å². The molecular weight excluding hydrogens is 356 g/mol. The van der Waals surface area contributed by atoms with Crippen molar-refractivity contribution < 1.29 is 14.1 Å². The van der Waals surface area contributed by atoms with Crippen LogP contribution in [0.25, 0.3) is 11.3 Å². The molecule has 1 aromatic carbocycles. The molecular formula is C21H24N4O3. The fourth-order valence-electron chi connectivity index (χ4n) is 3.85. The first kappa shape index (κ1) is 18.3. The molecule has 1 atom stereocenters. The van der Waals surface area contributed by atoms with E-state index in [1.807, 2.05) is 43.0 Å². The van der Waals surface area contributed by atoms with Gasteiger partial charge in [0.25, 0.3) is 5.91 Å². The molecule has 3 aromatic rings. The summed E-state index contributed by atoms with van der Waals surface area (Å²) in [6.07, 6.45) is 4.64. The molecule has 1 fully saturated rings. The van der Waals surface area contributed by atoms with Crippen molar-refractivity contribution in [3.05, 3.63) is 53.0 Å². The van der Waals surface area contributed by atoms with E-state index in [1.165, 1.54) is 0 Å². The maximum Gasteiger partial charge on any atom is 0.258 e. The van der Waals surface area contributed by atoms with E-state index in [9.17, 15) is 4.79 Å². The number of methoxy groups -OCH3 is 1. The lowest BCUT2D eigenvalue weighted by Crippen LogP contribution is -2.39. The molecule has 1 N–H and O–H groups in total. The molecule has 1 saturated heterocycles. The van der Waals surface area contributed by atoms with E-state index < -0.39 is 0 Å². The van der Waals surface area contributed by atoms with Crippen LogP contribution in [0.2, 0.25) is 0 Å². The number of carbonyl (C=O) groups excluding carboxylic acids is 1. The van der Waals surface area contributed by atoms with Crippen LogP contribution in [-0.2, 0) is 0 Å². The number of aromatic amines is 1. The molecule has 0 unspecified atom stereocenters. The summed E-state index contributed by atoms with van der Waals surface area (Å²) in [7, 11) is 1.59. The molecule has 2 aromatic heterocycles. The second kappa shape index (κ2) is 7.50. The van der Waals surface area contributed by atoms with Crippen LogP contribution in [-0.4, -0.2) is 39.8 Å². The summed E-state index contributed by atoms with van der Waals surface area (Å²) < 4.78 is 11.0. The number of hydrogen-bond donors (Lipinski definition) is 1. The third-order valence-corrected chi connectivity index (χ3v) is 5.50. The van der Waals surface area contributed by atoms with Crippen molar-refractivity contribution in [1.29, 1.82) is 0 Å². The number of H-pyrrole nitrogens is 1. The van der Waals surface area contributed by atoms with Gasteiger partial charge in [-0.25, -0.2) is 0 Å². The maximum atomic E-state index is 13.4. The van der Waals surface area contributed by atoms with E-state index in [-0.39, 0.29) is 11.9 Å². The van der Waals surface area contributed by atoms with Gasteiger partial charge in [-0.15, -0.1) is 0 Å². The lowest BCUT2D eigenvalue weighted by molar-refractivity contribution is 0.0603. The number of ether oxygens (including phenoxy) is 1. The van der Waals surface area contributed by atoms with Crippen LogP contribution >= 0.6 is 0 Å². The lowest BCUT2D eigenvalue weighted by Gasteiger charge is -2.35. The minimum absolute atomic E-state index is 0.0341. The summed E-state index contributed by atoms with van der Waals surface area (Å²) in [6, 6.07) is 7.25. The Balaban J connectivity index is 1.72. The minimum atomic E-state index is -0.103. The van der Waals surface area contributed by atoms with Crippen LogP contribution in [0.4, 0.5) is 0 Å². The normalized spacial score (nSPS) is 17.0. The Labute approximate surface area is 163 Å². The molecule has 7 heteroatoms.